The van der Waals surface area contributed by atoms with Gasteiger partial charge in [-0.25, -0.2) is 0 Å². The minimum absolute atomic E-state index is 0.305. The monoisotopic (exact) mass is 444 g/mol. The van der Waals surface area contributed by atoms with Gasteiger partial charge in [0.15, 0.2) is 0 Å². The van der Waals surface area contributed by atoms with Crippen molar-refractivity contribution < 1.29 is 38.1 Å². The molecule has 0 heterocycles. The third-order valence-corrected chi connectivity index (χ3v) is 3.69. The maximum atomic E-state index is 11.0. The Kier molecular flexibility index (Phi) is 11.8. The maximum absolute atomic E-state index is 11.0. The molecule has 0 amide bonds. The Morgan fingerprint density at radius 1 is 0.500 bits per heavy atom. The smallest absolute Gasteiger partial charge is 0.310 e. The Morgan fingerprint density at radius 2 is 0.719 bits per heavy atom. The van der Waals surface area contributed by atoms with Crippen molar-refractivity contribution in [1.82, 2.24) is 0 Å². The summed E-state index contributed by atoms with van der Waals surface area (Å²) in [7, 11) is 0. The molecule has 0 bridgehead atoms. The summed E-state index contributed by atoms with van der Waals surface area (Å²) < 4.78 is 20.0. The molecule has 2 aromatic rings. The molecule has 2 aromatic carbocycles. The zero-order chi connectivity index (χ0) is 23.9. The van der Waals surface area contributed by atoms with Gasteiger partial charge in [0, 0.05) is 37.8 Å². The molecule has 32 heavy (non-hydrogen) atoms. The van der Waals surface area contributed by atoms with E-state index in [1.807, 2.05) is 0 Å². The molecule has 0 radical (unpaired) electrons. The molecule has 8 nitrogen and oxygen atoms in total. The first kappa shape index (κ1) is 26.4. The number of benzene rings is 2. The zero-order valence-electron chi connectivity index (χ0n) is 18.7. The van der Waals surface area contributed by atoms with E-state index in [-0.39, 0.29) is 23.9 Å². The molecule has 0 N–H and O–H groups in total. The van der Waals surface area contributed by atoms with Gasteiger partial charge in [0.2, 0.25) is 0 Å². The Balaban J connectivity index is 0.000000320. The van der Waals surface area contributed by atoms with Crippen LogP contribution in [0.5, 0.6) is 23.0 Å². The van der Waals surface area contributed by atoms with Gasteiger partial charge in [-0.1, -0.05) is 39.8 Å². The van der Waals surface area contributed by atoms with Crippen molar-refractivity contribution in [1.29, 1.82) is 0 Å². The number of esters is 4. The average Bonchev–Trinajstić information content (AvgIpc) is 2.79. The van der Waals surface area contributed by atoms with E-state index < -0.39 is 0 Å². The van der Waals surface area contributed by atoms with Crippen molar-refractivity contribution in [3.8, 4) is 23.0 Å². The number of carbonyl (C=O) groups is 4. The van der Waals surface area contributed by atoms with Crippen LogP contribution >= 0.6 is 0 Å². The summed E-state index contributed by atoms with van der Waals surface area (Å²) in [5.41, 5.74) is 0. The number of ether oxygens (including phenoxy) is 4. The Hall–Kier alpha value is -3.68. The van der Waals surface area contributed by atoms with E-state index in [2.05, 4.69) is 0 Å². The van der Waals surface area contributed by atoms with Gasteiger partial charge in [-0.2, -0.15) is 0 Å². The third-order valence-electron chi connectivity index (χ3n) is 3.69. The van der Waals surface area contributed by atoms with Crippen molar-refractivity contribution in [3.63, 3.8) is 0 Å². The Morgan fingerprint density at radius 3 is 0.906 bits per heavy atom. The third kappa shape index (κ3) is 10.4. The van der Waals surface area contributed by atoms with Gasteiger partial charge in [-0.15, -0.1) is 0 Å². The molecule has 0 unspecified atom stereocenters. The number of hydrogen-bond acceptors (Lipinski definition) is 8. The first-order valence-electron chi connectivity index (χ1n) is 10.3. The van der Waals surface area contributed by atoms with E-state index in [0.717, 1.165) is 0 Å². The van der Waals surface area contributed by atoms with Crippen LogP contribution in [0.2, 0.25) is 0 Å². The quantitative estimate of drug-likeness (QED) is 0.428. The van der Waals surface area contributed by atoms with Crippen LogP contribution in [0.4, 0.5) is 0 Å². The van der Waals surface area contributed by atoms with Crippen molar-refractivity contribution >= 4 is 23.9 Å². The molecular formula is C24H28O8. The molecule has 0 aliphatic rings. The molecular weight excluding hydrogens is 416 g/mol. The van der Waals surface area contributed by atoms with E-state index in [4.69, 9.17) is 18.9 Å². The SMILES string of the molecule is CCC(=O)Oc1cccc(OC(=O)CC)c1.CCC(=O)Oc1cccc(OC(=O)CC)c1. The van der Waals surface area contributed by atoms with Gasteiger partial charge >= 0.3 is 23.9 Å². The van der Waals surface area contributed by atoms with Gasteiger partial charge in [0.05, 0.1) is 0 Å². The minimum Gasteiger partial charge on any atom is -0.426 e. The lowest BCUT2D eigenvalue weighted by Crippen LogP contribution is -2.07. The zero-order valence-corrected chi connectivity index (χ0v) is 18.7. The summed E-state index contributed by atoms with van der Waals surface area (Å²) >= 11 is 0. The van der Waals surface area contributed by atoms with E-state index in [1.54, 1.807) is 64.1 Å². The largest absolute Gasteiger partial charge is 0.426 e. The lowest BCUT2D eigenvalue weighted by atomic mass is 10.3. The van der Waals surface area contributed by atoms with E-state index in [0.29, 0.717) is 48.7 Å². The van der Waals surface area contributed by atoms with Crippen LogP contribution in [0.3, 0.4) is 0 Å². The van der Waals surface area contributed by atoms with Gasteiger partial charge in [0.25, 0.3) is 0 Å². The number of hydrogen-bond donors (Lipinski definition) is 0. The number of carbonyl (C=O) groups excluding carboxylic acids is 4. The topological polar surface area (TPSA) is 105 Å². The molecule has 0 aromatic heterocycles. The van der Waals surface area contributed by atoms with Crippen molar-refractivity contribution in [2.45, 2.75) is 53.4 Å². The van der Waals surface area contributed by atoms with Crippen molar-refractivity contribution in [2.24, 2.45) is 0 Å². The summed E-state index contributed by atoms with van der Waals surface area (Å²) in [6, 6.07) is 12.9. The molecule has 0 fully saturated rings. The van der Waals surface area contributed by atoms with Crippen LogP contribution in [-0.4, -0.2) is 23.9 Å². The fourth-order valence-electron chi connectivity index (χ4n) is 2.02. The lowest BCUT2D eigenvalue weighted by Gasteiger charge is -2.05. The second-order valence-electron chi connectivity index (χ2n) is 6.26. The average molecular weight is 444 g/mol. The fraction of sp³-hybridized carbons (Fsp3) is 0.333. The van der Waals surface area contributed by atoms with Gasteiger partial charge < -0.3 is 18.9 Å². The van der Waals surface area contributed by atoms with Crippen LogP contribution in [0.1, 0.15) is 53.4 Å². The molecule has 0 aliphatic heterocycles. The molecule has 8 heteroatoms. The van der Waals surface area contributed by atoms with Crippen molar-refractivity contribution in [3.05, 3.63) is 48.5 Å². The molecule has 0 aliphatic carbocycles. The predicted molar refractivity (Wildman–Crippen MR) is 117 cm³/mol. The highest BCUT2D eigenvalue weighted by Crippen LogP contribution is 2.21. The van der Waals surface area contributed by atoms with Crippen LogP contribution in [0, 0.1) is 0 Å². The van der Waals surface area contributed by atoms with Crippen LogP contribution in [0.15, 0.2) is 48.5 Å². The molecule has 0 spiro atoms. The first-order chi connectivity index (χ1) is 15.3. The normalized spacial score (nSPS) is 9.62. The van der Waals surface area contributed by atoms with E-state index in [1.165, 1.54) is 12.1 Å². The maximum Gasteiger partial charge on any atom is 0.310 e. The molecule has 2 rings (SSSR count). The lowest BCUT2D eigenvalue weighted by molar-refractivity contribution is -0.135. The molecule has 0 saturated heterocycles. The second-order valence-corrected chi connectivity index (χ2v) is 6.26. The van der Waals surface area contributed by atoms with Gasteiger partial charge in [-0.05, 0) is 24.3 Å². The summed E-state index contributed by atoms with van der Waals surface area (Å²) in [5, 5.41) is 0. The van der Waals surface area contributed by atoms with Gasteiger partial charge in [0.1, 0.15) is 23.0 Å². The summed E-state index contributed by atoms with van der Waals surface area (Å²) in [4.78, 5) is 44.2. The Bertz CT molecular complexity index is 778. The summed E-state index contributed by atoms with van der Waals surface area (Å²) in [5.74, 6) is 0.249. The van der Waals surface area contributed by atoms with Crippen molar-refractivity contribution in [2.75, 3.05) is 0 Å². The first-order valence-corrected chi connectivity index (χ1v) is 10.3. The summed E-state index contributed by atoms with van der Waals surface area (Å²) in [6.45, 7) is 6.85. The van der Waals surface area contributed by atoms with E-state index in [9.17, 15) is 19.2 Å². The molecule has 0 atom stereocenters. The summed E-state index contributed by atoms with van der Waals surface area (Å²) in [6.07, 6.45) is 1.22. The van der Waals surface area contributed by atoms with Gasteiger partial charge in [-0.3, -0.25) is 19.2 Å². The Labute approximate surface area is 187 Å². The standard InChI is InChI=1S/2C12H14O4/c2*1-3-11(13)15-9-6-5-7-10(8-9)16-12(14)4-2/h2*5-8H,3-4H2,1-2H3. The van der Waals surface area contributed by atoms with Crippen LogP contribution in [-0.2, 0) is 19.2 Å². The fourth-order valence-corrected chi connectivity index (χ4v) is 2.02. The van der Waals surface area contributed by atoms with E-state index >= 15 is 0 Å². The highest BCUT2D eigenvalue weighted by Gasteiger charge is 2.06. The number of rotatable bonds is 8. The second kappa shape index (κ2) is 14.3. The molecule has 0 saturated carbocycles. The van der Waals surface area contributed by atoms with Crippen LogP contribution in [0.25, 0.3) is 0 Å². The molecule has 172 valence electrons. The van der Waals surface area contributed by atoms with Crippen LogP contribution < -0.4 is 18.9 Å². The predicted octanol–water partition coefficient (Wildman–Crippen LogP) is 4.63. The highest BCUT2D eigenvalue weighted by molar-refractivity contribution is 5.74. The minimum atomic E-state index is -0.320. The highest BCUT2D eigenvalue weighted by atomic mass is 16.6.